The standard InChI is InChI=1S/C17H15ClO/c1-11(2)13-5-8-16-14(9-13)10-17(19-16)12-3-6-15(18)7-4-12/h3-11H,1-2H3. The number of fused-ring (bicyclic) bond motifs is 1. The van der Waals surface area contributed by atoms with Gasteiger partial charge in [-0.05, 0) is 53.9 Å². The lowest BCUT2D eigenvalue weighted by Gasteiger charge is -2.03. The molecular weight excluding hydrogens is 256 g/mol. The van der Waals surface area contributed by atoms with E-state index in [0.717, 1.165) is 27.3 Å². The zero-order valence-electron chi connectivity index (χ0n) is 11.0. The van der Waals surface area contributed by atoms with Crippen molar-refractivity contribution < 1.29 is 4.42 Å². The van der Waals surface area contributed by atoms with Gasteiger partial charge in [-0.3, -0.25) is 0 Å². The van der Waals surface area contributed by atoms with E-state index in [4.69, 9.17) is 16.0 Å². The van der Waals surface area contributed by atoms with Crippen molar-refractivity contribution in [2.45, 2.75) is 19.8 Å². The van der Waals surface area contributed by atoms with Crippen molar-refractivity contribution in [1.29, 1.82) is 0 Å². The van der Waals surface area contributed by atoms with Crippen LogP contribution in [0.5, 0.6) is 0 Å². The molecule has 0 fully saturated rings. The van der Waals surface area contributed by atoms with Gasteiger partial charge in [0.05, 0.1) is 0 Å². The van der Waals surface area contributed by atoms with Crippen molar-refractivity contribution in [2.75, 3.05) is 0 Å². The van der Waals surface area contributed by atoms with Gasteiger partial charge in [0.1, 0.15) is 11.3 Å². The smallest absolute Gasteiger partial charge is 0.135 e. The Morgan fingerprint density at radius 3 is 2.37 bits per heavy atom. The minimum Gasteiger partial charge on any atom is -0.456 e. The van der Waals surface area contributed by atoms with Crippen LogP contribution in [0.15, 0.2) is 52.9 Å². The zero-order chi connectivity index (χ0) is 13.4. The lowest BCUT2D eigenvalue weighted by atomic mass is 10.0. The number of furan rings is 1. The summed E-state index contributed by atoms with van der Waals surface area (Å²) in [5.74, 6) is 1.41. The van der Waals surface area contributed by atoms with Crippen LogP contribution < -0.4 is 0 Å². The molecule has 0 aliphatic rings. The molecule has 0 aliphatic carbocycles. The summed E-state index contributed by atoms with van der Waals surface area (Å²) in [6.07, 6.45) is 0. The van der Waals surface area contributed by atoms with E-state index >= 15 is 0 Å². The normalized spacial score (nSPS) is 11.4. The summed E-state index contributed by atoms with van der Waals surface area (Å²) < 4.78 is 5.89. The third kappa shape index (κ3) is 2.39. The van der Waals surface area contributed by atoms with Crippen molar-refractivity contribution in [3.05, 3.63) is 59.1 Å². The van der Waals surface area contributed by atoms with Crippen LogP contribution >= 0.6 is 11.6 Å². The van der Waals surface area contributed by atoms with Gasteiger partial charge < -0.3 is 4.42 Å². The minimum atomic E-state index is 0.526. The van der Waals surface area contributed by atoms with Gasteiger partial charge in [-0.1, -0.05) is 31.5 Å². The Labute approximate surface area is 117 Å². The van der Waals surface area contributed by atoms with Gasteiger partial charge in [0.2, 0.25) is 0 Å². The van der Waals surface area contributed by atoms with E-state index in [-0.39, 0.29) is 0 Å². The van der Waals surface area contributed by atoms with Gasteiger partial charge in [-0.2, -0.15) is 0 Å². The van der Waals surface area contributed by atoms with Crippen LogP contribution in [-0.4, -0.2) is 0 Å². The first kappa shape index (κ1) is 12.3. The zero-order valence-corrected chi connectivity index (χ0v) is 11.7. The number of rotatable bonds is 2. The van der Waals surface area contributed by atoms with E-state index in [1.165, 1.54) is 5.56 Å². The maximum atomic E-state index is 5.90. The predicted molar refractivity (Wildman–Crippen MR) is 80.7 cm³/mol. The predicted octanol–water partition coefficient (Wildman–Crippen LogP) is 5.88. The van der Waals surface area contributed by atoms with Crippen LogP contribution in [0.2, 0.25) is 5.02 Å². The SMILES string of the molecule is CC(C)c1ccc2oc(-c3ccc(Cl)cc3)cc2c1. The molecule has 0 amide bonds. The first-order chi connectivity index (χ1) is 9.13. The second-order valence-electron chi connectivity index (χ2n) is 5.07. The fourth-order valence-electron chi connectivity index (χ4n) is 2.18. The molecule has 0 bridgehead atoms. The fraction of sp³-hybridized carbons (Fsp3) is 0.176. The van der Waals surface area contributed by atoms with Crippen molar-refractivity contribution in [3.8, 4) is 11.3 Å². The largest absolute Gasteiger partial charge is 0.456 e. The van der Waals surface area contributed by atoms with Gasteiger partial charge in [-0.25, -0.2) is 0 Å². The summed E-state index contributed by atoms with van der Waals surface area (Å²) in [7, 11) is 0. The van der Waals surface area contributed by atoms with Crippen LogP contribution in [0.25, 0.3) is 22.3 Å². The topological polar surface area (TPSA) is 13.1 Å². The summed E-state index contributed by atoms with van der Waals surface area (Å²) >= 11 is 5.90. The molecule has 0 unspecified atom stereocenters. The molecule has 0 saturated carbocycles. The van der Waals surface area contributed by atoms with Crippen LogP contribution in [0, 0.1) is 0 Å². The monoisotopic (exact) mass is 270 g/mol. The van der Waals surface area contributed by atoms with Crippen molar-refractivity contribution >= 4 is 22.6 Å². The second-order valence-corrected chi connectivity index (χ2v) is 5.51. The molecule has 96 valence electrons. The number of hydrogen-bond donors (Lipinski definition) is 0. The first-order valence-corrected chi connectivity index (χ1v) is 6.81. The quantitative estimate of drug-likeness (QED) is 0.567. The van der Waals surface area contributed by atoms with E-state index < -0.39 is 0 Å². The van der Waals surface area contributed by atoms with E-state index in [1.54, 1.807) is 0 Å². The van der Waals surface area contributed by atoms with E-state index in [9.17, 15) is 0 Å². The summed E-state index contributed by atoms with van der Waals surface area (Å²) in [5, 5.41) is 1.89. The third-order valence-corrected chi connectivity index (χ3v) is 3.59. The van der Waals surface area contributed by atoms with E-state index in [0.29, 0.717) is 5.92 Å². The summed E-state index contributed by atoms with van der Waals surface area (Å²) in [6.45, 7) is 4.39. The van der Waals surface area contributed by atoms with Crippen molar-refractivity contribution in [3.63, 3.8) is 0 Å². The van der Waals surface area contributed by atoms with Crippen LogP contribution in [0.1, 0.15) is 25.3 Å². The van der Waals surface area contributed by atoms with Crippen LogP contribution in [-0.2, 0) is 0 Å². The molecule has 0 saturated heterocycles. The highest BCUT2D eigenvalue weighted by Gasteiger charge is 2.08. The molecule has 19 heavy (non-hydrogen) atoms. The van der Waals surface area contributed by atoms with Crippen LogP contribution in [0.4, 0.5) is 0 Å². The Morgan fingerprint density at radius 2 is 1.68 bits per heavy atom. The average Bonchev–Trinajstić information content (AvgIpc) is 2.82. The minimum absolute atomic E-state index is 0.526. The van der Waals surface area contributed by atoms with Crippen molar-refractivity contribution in [1.82, 2.24) is 0 Å². The van der Waals surface area contributed by atoms with Crippen molar-refractivity contribution in [2.24, 2.45) is 0 Å². The highest BCUT2D eigenvalue weighted by molar-refractivity contribution is 6.30. The molecule has 1 aromatic heterocycles. The number of benzene rings is 2. The molecule has 3 aromatic rings. The average molecular weight is 271 g/mol. The Hall–Kier alpha value is -1.73. The third-order valence-electron chi connectivity index (χ3n) is 3.34. The first-order valence-electron chi connectivity index (χ1n) is 6.43. The lowest BCUT2D eigenvalue weighted by molar-refractivity contribution is 0.631. The summed E-state index contributed by atoms with van der Waals surface area (Å²) in [4.78, 5) is 0. The molecule has 1 heterocycles. The molecule has 1 nitrogen and oxygen atoms in total. The number of hydrogen-bond acceptors (Lipinski definition) is 1. The summed E-state index contributed by atoms with van der Waals surface area (Å²) in [6, 6.07) is 16.2. The highest BCUT2D eigenvalue weighted by Crippen LogP contribution is 2.30. The Bertz CT molecular complexity index is 708. The molecule has 0 radical (unpaired) electrons. The molecule has 0 spiro atoms. The molecule has 2 aromatic carbocycles. The van der Waals surface area contributed by atoms with Gasteiger partial charge >= 0.3 is 0 Å². The Balaban J connectivity index is 2.08. The summed E-state index contributed by atoms with van der Waals surface area (Å²) in [5.41, 5.74) is 3.30. The van der Waals surface area contributed by atoms with Gasteiger partial charge in [0.25, 0.3) is 0 Å². The van der Waals surface area contributed by atoms with E-state index in [1.807, 2.05) is 30.3 Å². The number of halogens is 1. The molecule has 0 atom stereocenters. The molecule has 0 aliphatic heterocycles. The van der Waals surface area contributed by atoms with Gasteiger partial charge in [0, 0.05) is 16.0 Å². The van der Waals surface area contributed by atoms with E-state index in [2.05, 4.69) is 32.0 Å². The Morgan fingerprint density at radius 1 is 0.947 bits per heavy atom. The second kappa shape index (κ2) is 4.75. The van der Waals surface area contributed by atoms with Gasteiger partial charge in [-0.15, -0.1) is 0 Å². The molecule has 0 N–H and O–H groups in total. The molecule has 3 rings (SSSR count). The van der Waals surface area contributed by atoms with Gasteiger partial charge in [0.15, 0.2) is 0 Å². The Kier molecular flexibility index (Phi) is 3.08. The lowest BCUT2D eigenvalue weighted by Crippen LogP contribution is -1.84. The maximum absolute atomic E-state index is 5.90. The highest BCUT2D eigenvalue weighted by atomic mass is 35.5. The fourth-order valence-corrected chi connectivity index (χ4v) is 2.30. The van der Waals surface area contributed by atoms with Crippen LogP contribution in [0.3, 0.4) is 0 Å². The molecule has 2 heteroatoms. The molecular formula is C17H15ClO. The maximum Gasteiger partial charge on any atom is 0.135 e.